The van der Waals surface area contributed by atoms with Crippen molar-refractivity contribution in [1.82, 2.24) is 20.2 Å². The standard InChI is InChI=1S/C12H14N4O3S/c1-2-9-8(5-13-7-15-9)11(18)14-3-4-16-10(17)6-20-12(16)19/h5,7H,2-4,6H2,1H3,(H,14,18). The number of carbonyl (C=O) groups excluding carboxylic acids is 3. The van der Waals surface area contributed by atoms with E-state index in [9.17, 15) is 14.4 Å². The number of hydrogen-bond donors (Lipinski definition) is 1. The van der Waals surface area contributed by atoms with E-state index in [1.54, 1.807) is 0 Å². The molecule has 1 saturated heterocycles. The number of nitrogens with one attached hydrogen (secondary N) is 1. The van der Waals surface area contributed by atoms with E-state index in [-0.39, 0.29) is 35.9 Å². The molecule has 1 aromatic rings. The maximum Gasteiger partial charge on any atom is 0.288 e. The Kier molecular flexibility index (Phi) is 4.67. The van der Waals surface area contributed by atoms with Gasteiger partial charge in [0.15, 0.2) is 0 Å². The van der Waals surface area contributed by atoms with Gasteiger partial charge in [-0.3, -0.25) is 19.3 Å². The SMILES string of the molecule is CCc1ncncc1C(=O)NCCN1C(=O)CSC1=O. The highest BCUT2D eigenvalue weighted by atomic mass is 32.2. The van der Waals surface area contributed by atoms with Gasteiger partial charge in [0.2, 0.25) is 5.91 Å². The summed E-state index contributed by atoms with van der Waals surface area (Å²) in [6, 6.07) is 0. The maximum absolute atomic E-state index is 12.0. The number of aryl methyl sites for hydroxylation is 1. The van der Waals surface area contributed by atoms with E-state index < -0.39 is 0 Å². The van der Waals surface area contributed by atoms with Crippen molar-refractivity contribution in [1.29, 1.82) is 0 Å². The average Bonchev–Trinajstić information content (AvgIpc) is 2.78. The highest BCUT2D eigenvalue weighted by Gasteiger charge is 2.29. The topological polar surface area (TPSA) is 92.3 Å². The Bertz CT molecular complexity index is 533. The molecule has 1 aromatic heterocycles. The van der Waals surface area contributed by atoms with Gasteiger partial charge in [-0.15, -0.1) is 0 Å². The predicted molar refractivity (Wildman–Crippen MR) is 73.3 cm³/mol. The smallest absolute Gasteiger partial charge is 0.288 e. The lowest BCUT2D eigenvalue weighted by Crippen LogP contribution is -2.37. The number of hydrogen-bond acceptors (Lipinski definition) is 6. The zero-order valence-electron chi connectivity index (χ0n) is 11.0. The summed E-state index contributed by atoms with van der Waals surface area (Å²) < 4.78 is 0. The van der Waals surface area contributed by atoms with E-state index in [1.165, 1.54) is 12.5 Å². The van der Waals surface area contributed by atoms with Crippen molar-refractivity contribution in [3.8, 4) is 0 Å². The van der Waals surface area contributed by atoms with Crippen molar-refractivity contribution in [2.45, 2.75) is 13.3 Å². The van der Waals surface area contributed by atoms with Gasteiger partial charge in [0.05, 0.1) is 17.0 Å². The number of imide groups is 1. The second-order valence-electron chi connectivity index (χ2n) is 4.09. The Balaban J connectivity index is 1.89. The summed E-state index contributed by atoms with van der Waals surface area (Å²) in [6.07, 6.45) is 3.49. The zero-order valence-corrected chi connectivity index (χ0v) is 11.8. The first kappa shape index (κ1) is 14.4. The summed E-state index contributed by atoms with van der Waals surface area (Å²) in [6.45, 7) is 2.30. The Hall–Kier alpha value is -1.96. The third-order valence-corrected chi connectivity index (χ3v) is 3.69. The van der Waals surface area contributed by atoms with E-state index in [1.807, 2.05) is 6.92 Å². The highest BCUT2D eigenvalue weighted by molar-refractivity contribution is 8.14. The van der Waals surface area contributed by atoms with Gasteiger partial charge < -0.3 is 5.32 Å². The van der Waals surface area contributed by atoms with E-state index in [2.05, 4.69) is 15.3 Å². The van der Waals surface area contributed by atoms with Crippen LogP contribution in [0.4, 0.5) is 4.79 Å². The fraction of sp³-hybridized carbons (Fsp3) is 0.417. The van der Waals surface area contributed by atoms with Gasteiger partial charge in [0, 0.05) is 19.3 Å². The Labute approximate surface area is 120 Å². The summed E-state index contributed by atoms with van der Waals surface area (Å²) in [5, 5.41) is 2.40. The molecule has 0 radical (unpaired) electrons. The highest BCUT2D eigenvalue weighted by Crippen LogP contribution is 2.17. The Morgan fingerprint density at radius 2 is 2.30 bits per heavy atom. The van der Waals surface area contributed by atoms with Crippen LogP contribution in [0, 0.1) is 0 Å². The van der Waals surface area contributed by atoms with Crippen LogP contribution in [-0.4, -0.2) is 50.8 Å². The minimum atomic E-state index is -0.297. The molecule has 106 valence electrons. The lowest BCUT2D eigenvalue weighted by Gasteiger charge is -2.13. The molecular formula is C12H14N4O3S. The zero-order chi connectivity index (χ0) is 14.5. The molecular weight excluding hydrogens is 280 g/mol. The third kappa shape index (κ3) is 3.13. The van der Waals surface area contributed by atoms with Gasteiger partial charge in [0.25, 0.3) is 11.1 Å². The van der Waals surface area contributed by atoms with E-state index >= 15 is 0 Å². The van der Waals surface area contributed by atoms with Crippen LogP contribution in [-0.2, 0) is 11.2 Å². The van der Waals surface area contributed by atoms with Crippen LogP contribution in [0.3, 0.4) is 0 Å². The molecule has 0 aliphatic carbocycles. The fourth-order valence-electron chi connectivity index (χ4n) is 1.80. The van der Waals surface area contributed by atoms with Crippen molar-refractivity contribution in [3.05, 3.63) is 23.8 Å². The number of thioether (sulfide) groups is 1. The van der Waals surface area contributed by atoms with Crippen molar-refractivity contribution in [3.63, 3.8) is 0 Å². The molecule has 3 amide bonds. The minimum Gasteiger partial charge on any atom is -0.350 e. The van der Waals surface area contributed by atoms with Gasteiger partial charge in [-0.2, -0.15) is 0 Å². The van der Waals surface area contributed by atoms with Gasteiger partial charge in [-0.25, -0.2) is 9.97 Å². The first-order chi connectivity index (χ1) is 9.63. The number of aromatic nitrogens is 2. The maximum atomic E-state index is 12.0. The lowest BCUT2D eigenvalue weighted by atomic mass is 10.2. The van der Waals surface area contributed by atoms with Gasteiger partial charge in [0.1, 0.15) is 6.33 Å². The van der Waals surface area contributed by atoms with Crippen LogP contribution < -0.4 is 5.32 Å². The van der Waals surface area contributed by atoms with Crippen LogP contribution in [0.2, 0.25) is 0 Å². The number of nitrogens with zero attached hydrogens (tertiary/aromatic N) is 3. The van der Waals surface area contributed by atoms with Crippen molar-refractivity contribution >= 4 is 28.8 Å². The number of carbonyl (C=O) groups is 3. The molecule has 1 fully saturated rings. The molecule has 1 aliphatic heterocycles. The Morgan fingerprint density at radius 3 is 2.95 bits per heavy atom. The van der Waals surface area contributed by atoms with Crippen molar-refractivity contribution < 1.29 is 14.4 Å². The van der Waals surface area contributed by atoms with E-state index in [0.717, 1.165) is 16.7 Å². The monoisotopic (exact) mass is 294 g/mol. The molecule has 1 aliphatic rings. The normalized spacial score (nSPS) is 14.8. The molecule has 0 aromatic carbocycles. The van der Waals surface area contributed by atoms with Gasteiger partial charge in [-0.1, -0.05) is 18.7 Å². The molecule has 0 spiro atoms. The molecule has 0 unspecified atom stereocenters. The van der Waals surface area contributed by atoms with Crippen molar-refractivity contribution in [2.24, 2.45) is 0 Å². The van der Waals surface area contributed by atoms with E-state index in [0.29, 0.717) is 17.7 Å². The van der Waals surface area contributed by atoms with Crippen LogP contribution in [0.25, 0.3) is 0 Å². The minimum absolute atomic E-state index is 0.180. The van der Waals surface area contributed by atoms with E-state index in [4.69, 9.17) is 0 Å². The van der Waals surface area contributed by atoms with Crippen LogP contribution >= 0.6 is 11.8 Å². The molecule has 0 atom stereocenters. The largest absolute Gasteiger partial charge is 0.350 e. The quantitative estimate of drug-likeness (QED) is 0.848. The molecule has 0 saturated carbocycles. The second kappa shape index (κ2) is 6.47. The molecule has 7 nitrogen and oxygen atoms in total. The first-order valence-corrected chi connectivity index (χ1v) is 7.16. The molecule has 1 N–H and O–H groups in total. The molecule has 20 heavy (non-hydrogen) atoms. The Morgan fingerprint density at radius 1 is 1.50 bits per heavy atom. The number of rotatable bonds is 5. The third-order valence-electron chi connectivity index (χ3n) is 2.84. The van der Waals surface area contributed by atoms with Crippen LogP contribution in [0.1, 0.15) is 23.0 Å². The van der Waals surface area contributed by atoms with Crippen LogP contribution in [0.5, 0.6) is 0 Å². The van der Waals surface area contributed by atoms with Gasteiger partial charge >= 0.3 is 0 Å². The summed E-state index contributed by atoms with van der Waals surface area (Å²) in [4.78, 5) is 43.7. The first-order valence-electron chi connectivity index (χ1n) is 6.17. The predicted octanol–water partition coefficient (Wildman–Crippen LogP) is 0.464. The number of amides is 3. The summed E-state index contributed by atoms with van der Waals surface area (Å²) in [5.41, 5.74) is 1.09. The van der Waals surface area contributed by atoms with Crippen LogP contribution in [0.15, 0.2) is 12.5 Å². The van der Waals surface area contributed by atoms with Crippen molar-refractivity contribution in [2.75, 3.05) is 18.8 Å². The average molecular weight is 294 g/mol. The molecule has 2 rings (SSSR count). The summed E-state index contributed by atoms with van der Waals surface area (Å²) >= 11 is 0.980. The molecule has 0 bridgehead atoms. The molecule has 8 heteroatoms. The summed E-state index contributed by atoms with van der Waals surface area (Å²) in [7, 11) is 0. The fourth-order valence-corrected chi connectivity index (χ4v) is 2.55. The molecule has 2 heterocycles. The lowest BCUT2D eigenvalue weighted by molar-refractivity contribution is -0.124. The summed E-state index contributed by atoms with van der Waals surface area (Å²) in [5.74, 6) is -0.333. The second-order valence-corrected chi connectivity index (χ2v) is 5.02. The van der Waals surface area contributed by atoms with Gasteiger partial charge in [-0.05, 0) is 6.42 Å².